The first kappa shape index (κ1) is 17.6. The summed E-state index contributed by atoms with van der Waals surface area (Å²) in [6, 6.07) is 0.902. The number of anilines is 1. The number of alkyl halides is 3. The van der Waals surface area contributed by atoms with Crippen LogP contribution in [0.25, 0.3) is 0 Å². The van der Waals surface area contributed by atoms with E-state index in [1.807, 2.05) is 11.6 Å². The zero-order valence-electron chi connectivity index (χ0n) is 13.8. The van der Waals surface area contributed by atoms with Gasteiger partial charge in [-0.1, -0.05) is 0 Å². The molecule has 3 rings (SSSR count). The van der Waals surface area contributed by atoms with Gasteiger partial charge in [-0.25, -0.2) is 9.97 Å². The molecule has 0 bridgehead atoms. The first-order chi connectivity index (χ1) is 11.7. The van der Waals surface area contributed by atoms with E-state index in [0.717, 1.165) is 11.9 Å². The van der Waals surface area contributed by atoms with Crippen LogP contribution < -0.4 is 5.32 Å². The fourth-order valence-corrected chi connectivity index (χ4v) is 3.21. The van der Waals surface area contributed by atoms with E-state index in [1.165, 1.54) is 6.92 Å². The summed E-state index contributed by atoms with van der Waals surface area (Å²) in [6.45, 7) is 1.77. The van der Waals surface area contributed by atoms with Crippen LogP contribution >= 0.6 is 0 Å². The van der Waals surface area contributed by atoms with E-state index in [-0.39, 0.29) is 30.0 Å². The van der Waals surface area contributed by atoms with Crippen molar-refractivity contribution >= 4 is 5.95 Å². The topological polar surface area (TPSA) is 88.8 Å². The van der Waals surface area contributed by atoms with Gasteiger partial charge in [-0.15, -0.1) is 10.2 Å². The molecule has 0 aromatic carbocycles. The molecule has 0 spiro atoms. The van der Waals surface area contributed by atoms with Crippen LogP contribution in [0.3, 0.4) is 0 Å². The Balaban J connectivity index is 1.66. The maximum Gasteiger partial charge on any atom is 0.433 e. The van der Waals surface area contributed by atoms with Crippen LogP contribution in [0, 0.1) is 12.8 Å². The lowest BCUT2D eigenvalue weighted by Gasteiger charge is -2.16. The number of aryl methyl sites for hydroxylation is 2. The molecule has 0 radical (unpaired) electrons. The van der Waals surface area contributed by atoms with Gasteiger partial charge < -0.3 is 15.0 Å². The number of hydrogen-bond donors (Lipinski definition) is 2. The van der Waals surface area contributed by atoms with E-state index < -0.39 is 18.0 Å². The Hall–Kier alpha value is -2.23. The summed E-state index contributed by atoms with van der Waals surface area (Å²) in [4.78, 5) is 7.50. The third kappa shape index (κ3) is 3.89. The summed E-state index contributed by atoms with van der Waals surface area (Å²) < 4.78 is 40.3. The number of halogens is 3. The highest BCUT2D eigenvalue weighted by Crippen LogP contribution is 2.37. The molecule has 0 unspecified atom stereocenters. The second-order valence-corrected chi connectivity index (χ2v) is 6.39. The zero-order valence-corrected chi connectivity index (χ0v) is 13.8. The highest BCUT2D eigenvalue weighted by Gasteiger charge is 2.36. The molecule has 0 amide bonds. The standard InChI is InChI=1S/C15H19F3N6O/c1-8-3-12(15(16,17)18)22-14(21-8)19-6-10-4-9(5-11(10)25)13-23-20-7-24(13)2/h3,7,9-11,25H,4-6H2,1-2H3,(H,19,21,22)/t9-,10+,11+/m0/s1. The minimum absolute atomic E-state index is 0.0680. The molecule has 1 fully saturated rings. The summed E-state index contributed by atoms with van der Waals surface area (Å²) in [5, 5.41) is 21.0. The van der Waals surface area contributed by atoms with Gasteiger partial charge in [-0.05, 0) is 25.8 Å². The Morgan fingerprint density at radius 2 is 2.08 bits per heavy atom. The molecule has 25 heavy (non-hydrogen) atoms. The second kappa shape index (κ2) is 6.58. The van der Waals surface area contributed by atoms with Crippen molar-refractivity contribution in [2.24, 2.45) is 13.0 Å². The van der Waals surface area contributed by atoms with Crippen LogP contribution in [0.1, 0.15) is 36.0 Å². The van der Waals surface area contributed by atoms with E-state index in [0.29, 0.717) is 12.8 Å². The number of hydrogen-bond acceptors (Lipinski definition) is 6. The van der Waals surface area contributed by atoms with Gasteiger partial charge in [0.15, 0.2) is 0 Å². The van der Waals surface area contributed by atoms with Gasteiger partial charge in [-0.3, -0.25) is 0 Å². The lowest BCUT2D eigenvalue weighted by atomic mass is 10.0. The van der Waals surface area contributed by atoms with Crippen LogP contribution in [0.15, 0.2) is 12.4 Å². The third-order valence-corrected chi connectivity index (χ3v) is 4.44. The van der Waals surface area contributed by atoms with Crippen molar-refractivity contribution in [1.82, 2.24) is 24.7 Å². The lowest BCUT2D eigenvalue weighted by Crippen LogP contribution is -2.23. The van der Waals surface area contributed by atoms with Crippen LogP contribution in [-0.4, -0.2) is 42.5 Å². The van der Waals surface area contributed by atoms with Crippen LogP contribution in [0.2, 0.25) is 0 Å². The molecule has 0 aliphatic heterocycles. The second-order valence-electron chi connectivity index (χ2n) is 6.39. The van der Waals surface area contributed by atoms with Crippen LogP contribution in [0.4, 0.5) is 19.1 Å². The minimum atomic E-state index is -4.52. The van der Waals surface area contributed by atoms with Gasteiger partial charge in [0.1, 0.15) is 17.8 Å². The predicted molar refractivity (Wildman–Crippen MR) is 82.7 cm³/mol. The quantitative estimate of drug-likeness (QED) is 0.870. The molecule has 2 aromatic rings. The van der Waals surface area contributed by atoms with E-state index in [9.17, 15) is 18.3 Å². The molecule has 10 heteroatoms. The van der Waals surface area contributed by atoms with Crippen molar-refractivity contribution in [2.75, 3.05) is 11.9 Å². The van der Waals surface area contributed by atoms with Gasteiger partial charge in [0, 0.05) is 31.1 Å². The van der Waals surface area contributed by atoms with Crippen molar-refractivity contribution in [1.29, 1.82) is 0 Å². The Morgan fingerprint density at radius 3 is 2.72 bits per heavy atom. The largest absolute Gasteiger partial charge is 0.433 e. The molecule has 2 aromatic heterocycles. The van der Waals surface area contributed by atoms with Gasteiger partial charge in [0.05, 0.1) is 6.10 Å². The van der Waals surface area contributed by atoms with Crippen molar-refractivity contribution in [3.63, 3.8) is 0 Å². The highest BCUT2D eigenvalue weighted by molar-refractivity contribution is 5.29. The predicted octanol–water partition coefficient (Wildman–Crippen LogP) is 1.90. The van der Waals surface area contributed by atoms with Crippen molar-refractivity contribution in [3.8, 4) is 0 Å². The Morgan fingerprint density at radius 1 is 1.32 bits per heavy atom. The fourth-order valence-electron chi connectivity index (χ4n) is 3.21. The SMILES string of the molecule is Cc1cc(C(F)(F)F)nc(NC[C@H]2C[C@H](c3nncn3C)C[C@H]2O)n1. The molecule has 0 saturated heterocycles. The number of aliphatic hydroxyl groups excluding tert-OH is 1. The van der Waals surface area contributed by atoms with Gasteiger partial charge in [-0.2, -0.15) is 13.2 Å². The Kier molecular flexibility index (Phi) is 4.63. The molecule has 1 aliphatic carbocycles. The zero-order chi connectivity index (χ0) is 18.2. The summed E-state index contributed by atoms with van der Waals surface area (Å²) >= 11 is 0. The van der Waals surface area contributed by atoms with Crippen LogP contribution in [0.5, 0.6) is 0 Å². The highest BCUT2D eigenvalue weighted by atomic mass is 19.4. The number of nitrogens with one attached hydrogen (secondary N) is 1. The van der Waals surface area contributed by atoms with Gasteiger partial charge in [0.25, 0.3) is 0 Å². The maximum atomic E-state index is 12.8. The van der Waals surface area contributed by atoms with E-state index in [2.05, 4.69) is 25.5 Å². The summed E-state index contributed by atoms with van der Waals surface area (Å²) in [5.74, 6) is 0.660. The molecule has 7 nitrogen and oxygen atoms in total. The molecular formula is C15H19F3N6O. The van der Waals surface area contributed by atoms with Crippen molar-refractivity contribution in [3.05, 3.63) is 29.6 Å². The van der Waals surface area contributed by atoms with E-state index in [4.69, 9.17) is 0 Å². The first-order valence-corrected chi connectivity index (χ1v) is 7.92. The average molecular weight is 356 g/mol. The molecular weight excluding hydrogens is 337 g/mol. The Bertz CT molecular complexity index is 747. The first-order valence-electron chi connectivity index (χ1n) is 7.92. The van der Waals surface area contributed by atoms with E-state index >= 15 is 0 Å². The van der Waals surface area contributed by atoms with Crippen molar-refractivity contribution in [2.45, 2.75) is 38.0 Å². The number of nitrogens with zero attached hydrogens (tertiary/aromatic N) is 5. The molecule has 136 valence electrons. The summed E-state index contributed by atoms with van der Waals surface area (Å²) in [6.07, 6.45) is -2.28. The normalized spacial score (nSPS) is 23.8. The van der Waals surface area contributed by atoms with Gasteiger partial charge >= 0.3 is 6.18 Å². The lowest BCUT2D eigenvalue weighted by molar-refractivity contribution is -0.141. The number of aliphatic hydroxyl groups is 1. The molecule has 3 atom stereocenters. The average Bonchev–Trinajstić information content (AvgIpc) is 3.09. The molecule has 2 heterocycles. The van der Waals surface area contributed by atoms with Gasteiger partial charge in [0.2, 0.25) is 5.95 Å². The Labute approximate surface area is 142 Å². The third-order valence-electron chi connectivity index (χ3n) is 4.44. The number of rotatable bonds is 4. The monoisotopic (exact) mass is 356 g/mol. The fraction of sp³-hybridized carbons (Fsp3) is 0.600. The molecule has 1 saturated carbocycles. The minimum Gasteiger partial charge on any atom is -0.393 e. The smallest absolute Gasteiger partial charge is 0.393 e. The van der Waals surface area contributed by atoms with Crippen LogP contribution in [-0.2, 0) is 13.2 Å². The van der Waals surface area contributed by atoms with E-state index in [1.54, 1.807) is 6.33 Å². The summed E-state index contributed by atoms with van der Waals surface area (Å²) in [7, 11) is 1.84. The molecule has 2 N–H and O–H groups in total. The number of aromatic nitrogens is 5. The maximum absolute atomic E-state index is 12.8. The molecule has 1 aliphatic rings. The summed E-state index contributed by atoms with van der Waals surface area (Å²) in [5.41, 5.74) is -0.750. The van der Waals surface area contributed by atoms with Crippen molar-refractivity contribution < 1.29 is 18.3 Å².